The van der Waals surface area contributed by atoms with Crippen LogP contribution in [0, 0.1) is 17.0 Å². The number of ether oxygens (including phenoxy) is 1. The summed E-state index contributed by atoms with van der Waals surface area (Å²) in [5.41, 5.74) is -0.938. The van der Waals surface area contributed by atoms with E-state index >= 15 is 0 Å². The van der Waals surface area contributed by atoms with Gasteiger partial charge in [-0.15, -0.1) is 0 Å². The van der Waals surface area contributed by atoms with Crippen LogP contribution in [0.1, 0.15) is 12.5 Å². The van der Waals surface area contributed by atoms with Crippen LogP contribution in [0.2, 0.25) is 0 Å². The van der Waals surface area contributed by atoms with Crippen molar-refractivity contribution in [1.82, 2.24) is 5.32 Å². The SMILES string of the molecule is CNC(C)(COc1cccc([N+](=O)[O-])c1C)C(=O)O. The van der Waals surface area contributed by atoms with Gasteiger partial charge in [-0.2, -0.15) is 0 Å². The van der Waals surface area contributed by atoms with Crippen molar-refractivity contribution in [2.75, 3.05) is 13.7 Å². The molecule has 0 bridgehead atoms. The van der Waals surface area contributed by atoms with E-state index in [-0.39, 0.29) is 12.3 Å². The zero-order valence-corrected chi connectivity index (χ0v) is 11.0. The number of carboxylic acid groups (broad SMARTS) is 1. The molecule has 0 spiro atoms. The summed E-state index contributed by atoms with van der Waals surface area (Å²) in [4.78, 5) is 21.4. The quantitative estimate of drug-likeness (QED) is 0.596. The molecule has 0 aromatic heterocycles. The number of carboxylic acids is 1. The molecule has 1 aromatic carbocycles. The highest BCUT2D eigenvalue weighted by atomic mass is 16.6. The van der Waals surface area contributed by atoms with E-state index in [2.05, 4.69) is 5.32 Å². The number of carbonyl (C=O) groups is 1. The number of hydrogen-bond acceptors (Lipinski definition) is 5. The molecule has 1 unspecified atom stereocenters. The third kappa shape index (κ3) is 3.19. The Morgan fingerprint density at radius 1 is 1.58 bits per heavy atom. The molecule has 0 saturated carbocycles. The van der Waals surface area contributed by atoms with Crippen LogP contribution in [0.15, 0.2) is 18.2 Å². The Morgan fingerprint density at radius 3 is 2.68 bits per heavy atom. The molecule has 0 amide bonds. The Balaban J connectivity index is 2.93. The minimum atomic E-state index is -1.25. The van der Waals surface area contributed by atoms with Crippen LogP contribution < -0.4 is 10.1 Å². The number of rotatable bonds is 6. The zero-order chi connectivity index (χ0) is 14.6. The minimum absolute atomic E-state index is 0.0565. The van der Waals surface area contributed by atoms with E-state index in [0.29, 0.717) is 11.3 Å². The molecule has 7 heteroatoms. The molecule has 1 rings (SSSR count). The molecule has 0 fully saturated rings. The summed E-state index contributed by atoms with van der Waals surface area (Å²) in [5.74, 6) is -0.755. The Hall–Kier alpha value is -2.15. The molecule has 104 valence electrons. The van der Waals surface area contributed by atoms with Crippen LogP contribution >= 0.6 is 0 Å². The molecule has 19 heavy (non-hydrogen) atoms. The molecule has 0 aliphatic heterocycles. The molecular formula is C12H16N2O5. The van der Waals surface area contributed by atoms with E-state index in [1.54, 1.807) is 13.0 Å². The lowest BCUT2D eigenvalue weighted by Crippen LogP contribution is -2.52. The average Bonchev–Trinajstić information content (AvgIpc) is 2.36. The van der Waals surface area contributed by atoms with Gasteiger partial charge in [0.25, 0.3) is 5.69 Å². The summed E-state index contributed by atoms with van der Waals surface area (Å²) in [6.07, 6.45) is 0. The van der Waals surface area contributed by atoms with Crippen LogP contribution in [0.5, 0.6) is 5.75 Å². The van der Waals surface area contributed by atoms with Gasteiger partial charge >= 0.3 is 5.97 Å². The van der Waals surface area contributed by atoms with E-state index in [0.717, 1.165) is 0 Å². The van der Waals surface area contributed by atoms with Crippen molar-refractivity contribution >= 4 is 11.7 Å². The lowest BCUT2D eigenvalue weighted by molar-refractivity contribution is -0.385. The summed E-state index contributed by atoms with van der Waals surface area (Å²) >= 11 is 0. The summed E-state index contributed by atoms with van der Waals surface area (Å²) in [5, 5.41) is 22.5. The molecule has 0 radical (unpaired) electrons. The first kappa shape index (κ1) is 14.9. The fourth-order valence-electron chi connectivity index (χ4n) is 1.42. The molecule has 1 aromatic rings. The lowest BCUT2D eigenvalue weighted by Gasteiger charge is -2.24. The third-order valence-corrected chi connectivity index (χ3v) is 2.99. The van der Waals surface area contributed by atoms with E-state index in [4.69, 9.17) is 9.84 Å². The topological polar surface area (TPSA) is 102 Å². The maximum absolute atomic E-state index is 11.1. The second-order valence-corrected chi connectivity index (χ2v) is 4.33. The van der Waals surface area contributed by atoms with Crippen molar-refractivity contribution in [2.45, 2.75) is 19.4 Å². The molecule has 1 atom stereocenters. The van der Waals surface area contributed by atoms with E-state index in [9.17, 15) is 14.9 Å². The fraction of sp³-hybridized carbons (Fsp3) is 0.417. The predicted molar refractivity (Wildman–Crippen MR) is 68.4 cm³/mol. The normalized spacial score (nSPS) is 13.6. The second kappa shape index (κ2) is 5.66. The molecule has 0 saturated heterocycles. The number of likely N-dealkylation sites (N-methyl/N-ethyl adjacent to an activating group) is 1. The number of benzene rings is 1. The molecule has 0 aliphatic carbocycles. The number of nitro groups is 1. The summed E-state index contributed by atoms with van der Waals surface area (Å²) in [7, 11) is 1.51. The van der Waals surface area contributed by atoms with Gasteiger partial charge in [-0.05, 0) is 27.0 Å². The fourth-order valence-corrected chi connectivity index (χ4v) is 1.42. The van der Waals surface area contributed by atoms with Crippen LogP contribution in [0.3, 0.4) is 0 Å². The van der Waals surface area contributed by atoms with Crippen molar-refractivity contribution in [3.8, 4) is 5.75 Å². The maximum atomic E-state index is 11.1. The monoisotopic (exact) mass is 268 g/mol. The minimum Gasteiger partial charge on any atom is -0.491 e. The number of nitrogens with one attached hydrogen (secondary N) is 1. The van der Waals surface area contributed by atoms with Crippen molar-refractivity contribution in [2.24, 2.45) is 0 Å². The summed E-state index contributed by atoms with van der Waals surface area (Å²) in [6, 6.07) is 4.44. The van der Waals surface area contributed by atoms with Crippen LogP contribution in [0.4, 0.5) is 5.69 Å². The summed E-state index contributed by atoms with van der Waals surface area (Å²) < 4.78 is 5.40. The predicted octanol–water partition coefficient (Wildman–Crippen LogP) is 1.34. The van der Waals surface area contributed by atoms with Gasteiger partial charge < -0.3 is 15.2 Å². The standard InChI is InChI=1S/C12H16N2O5/c1-8-9(14(17)18)5-4-6-10(8)19-7-12(2,13-3)11(15)16/h4-6,13H,7H2,1-3H3,(H,15,16). The Kier molecular flexibility index (Phi) is 4.44. The van der Waals surface area contributed by atoms with Gasteiger partial charge in [0.1, 0.15) is 17.9 Å². The van der Waals surface area contributed by atoms with Crippen molar-refractivity contribution in [3.63, 3.8) is 0 Å². The van der Waals surface area contributed by atoms with Crippen molar-refractivity contribution in [3.05, 3.63) is 33.9 Å². The smallest absolute Gasteiger partial charge is 0.327 e. The largest absolute Gasteiger partial charge is 0.491 e. The van der Waals surface area contributed by atoms with Crippen molar-refractivity contribution in [1.29, 1.82) is 0 Å². The van der Waals surface area contributed by atoms with Gasteiger partial charge in [-0.1, -0.05) is 6.07 Å². The first-order chi connectivity index (χ1) is 8.81. The Labute approximate surface area is 110 Å². The zero-order valence-electron chi connectivity index (χ0n) is 11.0. The van der Waals surface area contributed by atoms with Gasteiger partial charge in [-0.3, -0.25) is 14.9 Å². The molecule has 2 N–H and O–H groups in total. The van der Waals surface area contributed by atoms with Gasteiger partial charge in [0.2, 0.25) is 0 Å². The van der Waals surface area contributed by atoms with E-state index in [1.807, 2.05) is 0 Å². The van der Waals surface area contributed by atoms with Crippen LogP contribution in [0.25, 0.3) is 0 Å². The highest BCUT2D eigenvalue weighted by molar-refractivity contribution is 5.78. The van der Waals surface area contributed by atoms with Gasteiger partial charge in [0, 0.05) is 6.07 Å². The van der Waals surface area contributed by atoms with Crippen molar-refractivity contribution < 1.29 is 19.6 Å². The summed E-state index contributed by atoms with van der Waals surface area (Å²) in [6.45, 7) is 2.90. The molecule has 0 aliphatic rings. The molecular weight excluding hydrogens is 252 g/mol. The van der Waals surface area contributed by atoms with Gasteiger partial charge in [0.15, 0.2) is 0 Å². The highest BCUT2D eigenvalue weighted by Crippen LogP contribution is 2.27. The third-order valence-electron chi connectivity index (χ3n) is 2.99. The highest BCUT2D eigenvalue weighted by Gasteiger charge is 2.32. The Morgan fingerprint density at radius 2 is 2.21 bits per heavy atom. The first-order valence-corrected chi connectivity index (χ1v) is 5.61. The Bertz CT molecular complexity index is 503. The number of hydrogen-bond donors (Lipinski definition) is 2. The molecule has 7 nitrogen and oxygen atoms in total. The van der Waals surface area contributed by atoms with E-state index in [1.165, 1.54) is 26.1 Å². The first-order valence-electron chi connectivity index (χ1n) is 5.61. The number of aliphatic carboxylic acids is 1. The maximum Gasteiger partial charge on any atom is 0.327 e. The van der Waals surface area contributed by atoms with Gasteiger partial charge in [-0.25, -0.2) is 0 Å². The molecule has 0 heterocycles. The number of nitrogens with zero attached hydrogens (tertiary/aromatic N) is 1. The lowest BCUT2D eigenvalue weighted by atomic mass is 10.1. The second-order valence-electron chi connectivity index (χ2n) is 4.33. The van der Waals surface area contributed by atoms with Crippen LogP contribution in [-0.2, 0) is 4.79 Å². The average molecular weight is 268 g/mol. The van der Waals surface area contributed by atoms with Crippen LogP contribution in [-0.4, -0.2) is 35.2 Å². The number of nitro benzene ring substituents is 1. The van der Waals surface area contributed by atoms with E-state index < -0.39 is 16.4 Å². The van der Waals surface area contributed by atoms with Gasteiger partial charge in [0.05, 0.1) is 10.5 Å².